The maximum Gasteiger partial charge on any atom is 0.213 e. The minimum absolute atomic E-state index is 0.0342. The number of rotatable bonds is 3. The molecular formula is C17H14ClNO3S. The Labute approximate surface area is 143 Å². The summed E-state index contributed by atoms with van der Waals surface area (Å²) in [5.41, 5.74) is 2.39. The number of nitrogens with zero attached hydrogens (tertiary/aromatic N) is 1. The summed E-state index contributed by atoms with van der Waals surface area (Å²) in [6, 6.07) is 9.06. The molecular weight excluding hydrogens is 334 g/mol. The van der Waals surface area contributed by atoms with Crippen molar-refractivity contribution in [3.05, 3.63) is 46.7 Å². The normalized spacial score (nSPS) is 10.9. The topological polar surface area (TPSA) is 55.5 Å². The van der Waals surface area contributed by atoms with Gasteiger partial charge in [-0.15, -0.1) is 0 Å². The van der Waals surface area contributed by atoms with Gasteiger partial charge in [0, 0.05) is 10.6 Å². The minimum atomic E-state index is -0.0342. The maximum atomic E-state index is 10.5. The molecule has 0 fully saturated rings. The molecule has 0 aliphatic rings. The van der Waals surface area contributed by atoms with Gasteiger partial charge in [-0.05, 0) is 49.0 Å². The molecule has 0 saturated heterocycles. The molecule has 0 atom stereocenters. The summed E-state index contributed by atoms with van der Waals surface area (Å²) in [6.07, 6.45) is 0.643. The predicted molar refractivity (Wildman–Crippen MR) is 94.2 cm³/mol. The first-order valence-electron chi connectivity index (χ1n) is 7.04. The van der Waals surface area contributed by atoms with Crippen LogP contribution >= 0.6 is 23.8 Å². The van der Waals surface area contributed by atoms with Crippen LogP contribution in [0.25, 0.3) is 22.3 Å². The second-order valence-electron chi connectivity index (χ2n) is 4.96. The molecule has 0 bridgehead atoms. The summed E-state index contributed by atoms with van der Waals surface area (Å²) >= 11 is 11.0. The number of thiocarbonyl (C=S) groups is 1. The number of fused-ring (bicyclic) bond motifs is 1. The van der Waals surface area contributed by atoms with E-state index in [9.17, 15) is 5.11 Å². The van der Waals surface area contributed by atoms with Crippen LogP contribution in [0, 0.1) is 0 Å². The molecule has 1 N–H and O–H groups in total. The van der Waals surface area contributed by atoms with E-state index >= 15 is 0 Å². The zero-order valence-electron chi connectivity index (χ0n) is 12.6. The highest BCUT2D eigenvalue weighted by Gasteiger charge is 2.20. The molecule has 4 nitrogen and oxygen atoms in total. The van der Waals surface area contributed by atoms with Crippen molar-refractivity contribution >= 4 is 39.8 Å². The van der Waals surface area contributed by atoms with Crippen molar-refractivity contribution in [2.24, 2.45) is 0 Å². The fourth-order valence-electron chi connectivity index (χ4n) is 2.38. The van der Waals surface area contributed by atoms with Gasteiger partial charge in [0.2, 0.25) is 5.05 Å². The lowest BCUT2D eigenvalue weighted by Crippen LogP contribution is -2.05. The number of benzene rings is 1. The highest BCUT2D eigenvalue weighted by atomic mass is 35.5. The van der Waals surface area contributed by atoms with Gasteiger partial charge in [0.05, 0.1) is 18.2 Å². The monoisotopic (exact) mass is 347 g/mol. The van der Waals surface area contributed by atoms with E-state index in [1.165, 1.54) is 7.11 Å². The Hall–Kier alpha value is -2.11. The van der Waals surface area contributed by atoms with Crippen LogP contribution < -0.4 is 0 Å². The van der Waals surface area contributed by atoms with Gasteiger partial charge in [-0.3, -0.25) is 0 Å². The van der Waals surface area contributed by atoms with Crippen molar-refractivity contribution in [3.8, 4) is 17.1 Å². The summed E-state index contributed by atoms with van der Waals surface area (Å²) < 4.78 is 10.9. The first kappa shape index (κ1) is 15.8. The van der Waals surface area contributed by atoms with E-state index in [4.69, 9.17) is 33.0 Å². The van der Waals surface area contributed by atoms with Crippen LogP contribution in [0.4, 0.5) is 0 Å². The van der Waals surface area contributed by atoms with E-state index in [0.717, 1.165) is 5.56 Å². The zero-order valence-corrected chi connectivity index (χ0v) is 14.2. The van der Waals surface area contributed by atoms with Crippen molar-refractivity contribution in [1.82, 2.24) is 4.98 Å². The van der Waals surface area contributed by atoms with Gasteiger partial charge in [0.25, 0.3) is 0 Å². The second kappa shape index (κ2) is 6.18. The lowest BCUT2D eigenvalue weighted by Gasteiger charge is -2.07. The van der Waals surface area contributed by atoms with Crippen molar-refractivity contribution in [2.75, 3.05) is 7.11 Å². The van der Waals surface area contributed by atoms with Crippen LogP contribution in [0.15, 0.2) is 34.7 Å². The molecule has 0 amide bonds. The molecule has 0 spiro atoms. The van der Waals surface area contributed by atoms with Crippen molar-refractivity contribution in [2.45, 2.75) is 13.3 Å². The number of halogens is 1. The molecule has 23 heavy (non-hydrogen) atoms. The minimum Gasteiger partial charge on any atom is -0.505 e. The number of furan rings is 1. The lowest BCUT2D eigenvalue weighted by atomic mass is 10.1. The number of ether oxygens (including phenoxy) is 1. The molecule has 118 valence electrons. The van der Waals surface area contributed by atoms with Gasteiger partial charge in [-0.1, -0.05) is 18.5 Å². The third-order valence-corrected chi connectivity index (χ3v) is 4.17. The maximum absolute atomic E-state index is 10.5. The fourth-order valence-corrected chi connectivity index (χ4v) is 2.65. The number of hydrogen-bond acceptors (Lipinski definition) is 5. The molecule has 0 unspecified atom stereocenters. The Morgan fingerprint density at radius 1 is 1.35 bits per heavy atom. The Balaban J connectivity index is 2.23. The summed E-state index contributed by atoms with van der Waals surface area (Å²) in [5, 5.41) is 11.8. The molecule has 2 heterocycles. The summed E-state index contributed by atoms with van der Waals surface area (Å²) in [7, 11) is 1.45. The van der Waals surface area contributed by atoms with Crippen molar-refractivity contribution in [3.63, 3.8) is 0 Å². The van der Waals surface area contributed by atoms with Gasteiger partial charge in [0.15, 0.2) is 17.0 Å². The third-order valence-electron chi connectivity index (χ3n) is 3.56. The third kappa shape index (κ3) is 2.78. The number of methoxy groups -OCH3 is 1. The predicted octanol–water partition coefficient (Wildman–Crippen LogP) is 4.74. The average Bonchev–Trinajstić information content (AvgIpc) is 3.01. The Morgan fingerprint density at radius 3 is 2.65 bits per heavy atom. The van der Waals surface area contributed by atoms with Gasteiger partial charge < -0.3 is 14.3 Å². The zero-order chi connectivity index (χ0) is 16.6. The van der Waals surface area contributed by atoms with Crippen LogP contribution in [0.1, 0.15) is 18.3 Å². The second-order valence-corrected chi connectivity index (χ2v) is 5.77. The van der Waals surface area contributed by atoms with E-state index in [-0.39, 0.29) is 16.5 Å². The van der Waals surface area contributed by atoms with Gasteiger partial charge in [-0.25, -0.2) is 4.98 Å². The van der Waals surface area contributed by atoms with E-state index in [1.54, 1.807) is 18.2 Å². The standard InChI is InChI=1S/C17H14ClNO3S/c1-3-12-16-11(15(20)14(19-12)17(23)21-2)8-13(22-16)9-4-6-10(18)7-5-9/h4-8,20H,3H2,1-2H3. The highest BCUT2D eigenvalue weighted by molar-refractivity contribution is 7.80. The average molecular weight is 348 g/mol. The van der Waals surface area contributed by atoms with E-state index < -0.39 is 0 Å². The molecule has 6 heteroatoms. The van der Waals surface area contributed by atoms with Gasteiger partial charge in [-0.2, -0.15) is 0 Å². The quantitative estimate of drug-likeness (QED) is 0.693. The SMILES string of the molecule is CCc1nc(C(=S)OC)c(O)c2cc(-c3ccc(Cl)cc3)oc12. The first-order chi connectivity index (χ1) is 11.0. The molecule has 0 aliphatic heterocycles. The molecule has 1 aromatic carbocycles. The highest BCUT2D eigenvalue weighted by Crippen LogP contribution is 2.36. The first-order valence-corrected chi connectivity index (χ1v) is 7.83. The van der Waals surface area contributed by atoms with Crippen LogP contribution in [-0.4, -0.2) is 22.3 Å². The molecule has 3 rings (SSSR count). The Morgan fingerprint density at radius 2 is 2.04 bits per heavy atom. The number of aromatic nitrogens is 1. The summed E-state index contributed by atoms with van der Waals surface area (Å²) in [5.74, 6) is 0.594. The lowest BCUT2D eigenvalue weighted by molar-refractivity contribution is 0.408. The number of aryl methyl sites for hydroxylation is 1. The van der Waals surface area contributed by atoms with Crippen LogP contribution in [0.2, 0.25) is 5.02 Å². The molecule has 2 aromatic heterocycles. The van der Waals surface area contributed by atoms with Gasteiger partial charge >= 0.3 is 0 Å². The Kier molecular flexibility index (Phi) is 4.24. The molecule has 3 aromatic rings. The van der Waals surface area contributed by atoms with E-state index in [0.29, 0.717) is 33.9 Å². The summed E-state index contributed by atoms with van der Waals surface area (Å²) in [4.78, 5) is 4.38. The van der Waals surface area contributed by atoms with Crippen molar-refractivity contribution in [1.29, 1.82) is 0 Å². The molecule has 0 radical (unpaired) electrons. The molecule has 0 aliphatic carbocycles. The van der Waals surface area contributed by atoms with Crippen LogP contribution in [0.3, 0.4) is 0 Å². The fraction of sp³-hybridized carbons (Fsp3) is 0.176. The van der Waals surface area contributed by atoms with Crippen LogP contribution in [-0.2, 0) is 11.2 Å². The van der Waals surface area contributed by atoms with E-state index in [2.05, 4.69) is 4.98 Å². The van der Waals surface area contributed by atoms with E-state index in [1.807, 2.05) is 19.1 Å². The van der Waals surface area contributed by atoms with Crippen LogP contribution in [0.5, 0.6) is 5.75 Å². The summed E-state index contributed by atoms with van der Waals surface area (Å²) in [6.45, 7) is 1.96. The van der Waals surface area contributed by atoms with Crippen molar-refractivity contribution < 1.29 is 14.3 Å². The largest absolute Gasteiger partial charge is 0.505 e. The Bertz CT molecular complexity index is 887. The van der Waals surface area contributed by atoms with Gasteiger partial charge in [0.1, 0.15) is 5.76 Å². The number of hydrogen-bond donors (Lipinski definition) is 1. The smallest absolute Gasteiger partial charge is 0.213 e. The molecule has 0 saturated carbocycles. The number of aromatic hydroxyl groups is 1. The number of pyridine rings is 1.